The maximum absolute atomic E-state index is 12.8. The van der Waals surface area contributed by atoms with Crippen LogP contribution in [0.1, 0.15) is 245 Å². The molecule has 6 nitrogen and oxygen atoms in total. The number of carbonyl (C=O) groups excluding carboxylic acids is 3. The Balaban J connectivity index is 4.49. The first-order chi connectivity index (χ1) is 32.5. The Kier molecular flexibility index (Phi) is 50.9. The highest BCUT2D eigenvalue weighted by molar-refractivity contribution is 5.71. The minimum Gasteiger partial charge on any atom is -0.462 e. The molecule has 0 amide bonds. The monoisotopic (exact) mass is 917 g/mol. The summed E-state index contributed by atoms with van der Waals surface area (Å²) in [5.74, 6) is -0.950. The lowest BCUT2D eigenvalue weighted by Crippen LogP contribution is -2.30. The molecule has 66 heavy (non-hydrogen) atoms. The molecular weight excluding hydrogens is 817 g/mol. The molecule has 0 bridgehead atoms. The van der Waals surface area contributed by atoms with Gasteiger partial charge in [0, 0.05) is 19.3 Å². The van der Waals surface area contributed by atoms with Gasteiger partial charge in [0.25, 0.3) is 0 Å². The van der Waals surface area contributed by atoms with Gasteiger partial charge in [0.2, 0.25) is 0 Å². The molecule has 0 fully saturated rings. The van der Waals surface area contributed by atoms with E-state index in [4.69, 9.17) is 14.2 Å². The van der Waals surface area contributed by atoms with Crippen molar-refractivity contribution < 1.29 is 28.6 Å². The molecule has 0 aromatic heterocycles. The van der Waals surface area contributed by atoms with Gasteiger partial charge in [0.15, 0.2) is 6.10 Å². The molecule has 0 aliphatic carbocycles. The molecule has 0 radical (unpaired) electrons. The SMILES string of the molecule is CC\C=C/C=C\C=C/C=C\C=C\C=C/CCCCCC(=O)OCC(COC(=O)CCCCCCCC/C=C\C=C/CCCCC)OC(=O)CCCCCCCCCCCCCCCCCC. The van der Waals surface area contributed by atoms with Crippen LogP contribution in [0.5, 0.6) is 0 Å². The van der Waals surface area contributed by atoms with E-state index in [9.17, 15) is 14.4 Å². The van der Waals surface area contributed by atoms with E-state index in [0.717, 1.165) is 77.0 Å². The van der Waals surface area contributed by atoms with Gasteiger partial charge in [-0.3, -0.25) is 14.4 Å². The third kappa shape index (κ3) is 51.3. The Labute approximate surface area is 407 Å². The molecule has 0 rings (SSSR count). The molecule has 0 heterocycles. The highest BCUT2D eigenvalue weighted by atomic mass is 16.6. The van der Waals surface area contributed by atoms with Crippen LogP contribution in [-0.2, 0) is 28.6 Å². The van der Waals surface area contributed by atoms with Gasteiger partial charge in [-0.1, -0.05) is 259 Å². The highest BCUT2D eigenvalue weighted by Crippen LogP contribution is 2.15. The molecule has 0 N–H and O–H groups in total. The Morgan fingerprint density at radius 3 is 0.985 bits per heavy atom. The van der Waals surface area contributed by atoms with Crippen LogP contribution in [0.2, 0.25) is 0 Å². The second kappa shape index (κ2) is 53.9. The minimum absolute atomic E-state index is 0.0974. The summed E-state index contributed by atoms with van der Waals surface area (Å²) in [4.78, 5) is 38.1. The van der Waals surface area contributed by atoms with E-state index < -0.39 is 6.10 Å². The summed E-state index contributed by atoms with van der Waals surface area (Å²) in [6.45, 7) is 6.42. The van der Waals surface area contributed by atoms with E-state index >= 15 is 0 Å². The Bertz CT molecular complexity index is 1330. The number of hydrogen-bond donors (Lipinski definition) is 0. The van der Waals surface area contributed by atoms with Crippen molar-refractivity contribution in [2.24, 2.45) is 0 Å². The minimum atomic E-state index is -0.800. The number of carbonyl (C=O) groups is 3. The molecule has 0 aliphatic rings. The van der Waals surface area contributed by atoms with Crippen LogP contribution in [0.4, 0.5) is 0 Å². The summed E-state index contributed by atoms with van der Waals surface area (Å²) in [6.07, 6.45) is 71.0. The van der Waals surface area contributed by atoms with Gasteiger partial charge >= 0.3 is 17.9 Å². The molecule has 376 valence electrons. The summed E-state index contributed by atoms with van der Waals surface area (Å²) in [6, 6.07) is 0. The smallest absolute Gasteiger partial charge is 0.306 e. The molecule has 0 aliphatic heterocycles. The van der Waals surface area contributed by atoms with E-state index in [1.165, 1.54) is 128 Å². The fourth-order valence-corrected chi connectivity index (χ4v) is 7.41. The number of unbranched alkanes of at least 4 members (excludes halogenated alkanes) is 27. The predicted octanol–water partition coefficient (Wildman–Crippen LogP) is 18.1. The quantitative estimate of drug-likeness (QED) is 0.0262. The number of rotatable bonds is 48. The van der Waals surface area contributed by atoms with Crippen molar-refractivity contribution >= 4 is 17.9 Å². The third-order valence-corrected chi connectivity index (χ3v) is 11.5. The average molecular weight is 917 g/mol. The van der Waals surface area contributed by atoms with Crippen LogP contribution < -0.4 is 0 Å². The van der Waals surface area contributed by atoms with Gasteiger partial charge in [-0.25, -0.2) is 0 Å². The fraction of sp³-hybridized carbons (Fsp3) is 0.683. The summed E-state index contributed by atoms with van der Waals surface area (Å²) >= 11 is 0. The average Bonchev–Trinajstić information content (AvgIpc) is 3.31. The molecular formula is C60H100O6. The van der Waals surface area contributed by atoms with Crippen molar-refractivity contribution in [3.8, 4) is 0 Å². The van der Waals surface area contributed by atoms with Crippen LogP contribution >= 0.6 is 0 Å². The van der Waals surface area contributed by atoms with Crippen molar-refractivity contribution in [3.63, 3.8) is 0 Å². The zero-order valence-corrected chi connectivity index (χ0v) is 42.9. The standard InChI is InChI=1S/C60H100O6/c1-4-7-10-13-16-19-22-25-28-30-33-35-38-41-44-47-50-53-59(62)65-56-57(55-64-58(61)52-49-46-43-40-37-34-31-27-24-21-18-15-12-9-6-3)66-60(63)54-51-48-45-42-39-36-32-29-26-23-20-17-14-11-8-5-2/h7,10,13,16,18-19,21-22,24-25,27-28,30,33,35,38,57H,4-6,8-9,11-12,14-15,17,20,23,26,29,31-32,34,36-37,39-56H2,1-3H3/b10-7-,16-13-,21-18-,22-19-,27-24-,28-25-,33-30+,38-35-. The van der Waals surface area contributed by atoms with E-state index in [2.05, 4.69) is 57.2 Å². The zero-order valence-electron chi connectivity index (χ0n) is 42.9. The molecule has 0 aromatic carbocycles. The van der Waals surface area contributed by atoms with E-state index in [1.807, 2.05) is 60.8 Å². The second-order valence-electron chi connectivity index (χ2n) is 17.9. The second-order valence-corrected chi connectivity index (χ2v) is 17.9. The Hall–Kier alpha value is -3.67. The maximum Gasteiger partial charge on any atom is 0.306 e. The number of allylic oxidation sites excluding steroid dienone is 16. The van der Waals surface area contributed by atoms with Crippen LogP contribution in [0, 0.1) is 0 Å². The highest BCUT2D eigenvalue weighted by Gasteiger charge is 2.19. The Morgan fingerprint density at radius 2 is 0.591 bits per heavy atom. The van der Waals surface area contributed by atoms with Crippen LogP contribution in [-0.4, -0.2) is 37.2 Å². The Morgan fingerprint density at radius 1 is 0.318 bits per heavy atom. The van der Waals surface area contributed by atoms with Crippen molar-refractivity contribution in [2.75, 3.05) is 13.2 Å². The van der Waals surface area contributed by atoms with Gasteiger partial charge in [-0.2, -0.15) is 0 Å². The van der Waals surface area contributed by atoms with Gasteiger partial charge in [0.05, 0.1) is 0 Å². The summed E-state index contributed by atoms with van der Waals surface area (Å²) in [5, 5.41) is 0. The first-order valence-corrected chi connectivity index (χ1v) is 27.3. The van der Waals surface area contributed by atoms with E-state index in [-0.39, 0.29) is 31.1 Å². The largest absolute Gasteiger partial charge is 0.462 e. The topological polar surface area (TPSA) is 78.9 Å². The summed E-state index contributed by atoms with van der Waals surface area (Å²) in [5.41, 5.74) is 0. The number of hydrogen-bond acceptors (Lipinski definition) is 6. The van der Waals surface area contributed by atoms with Crippen molar-refractivity contribution in [1.29, 1.82) is 0 Å². The van der Waals surface area contributed by atoms with E-state index in [1.54, 1.807) is 0 Å². The fourth-order valence-electron chi connectivity index (χ4n) is 7.41. The first-order valence-electron chi connectivity index (χ1n) is 27.3. The van der Waals surface area contributed by atoms with Crippen LogP contribution in [0.25, 0.3) is 0 Å². The molecule has 0 saturated carbocycles. The molecule has 0 aromatic rings. The number of ether oxygens (including phenoxy) is 3. The van der Waals surface area contributed by atoms with Crippen molar-refractivity contribution in [2.45, 2.75) is 252 Å². The molecule has 1 atom stereocenters. The van der Waals surface area contributed by atoms with E-state index in [0.29, 0.717) is 19.3 Å². The summed E-state index contributed by atoms with van der Waals surface area (Å²) in [7, 11) is 0. The van der Waals surface area contributed by atoms with Gasteiger partial charge in [-0.15, -0.1) is 0 Å². The molecule has 6 heteroatoms. The lowest BCUT2D eigenvalue weighted by Gasteiger charge is -2.18. The lowest BCUT2D eigenvalue weighted by atomic mass is 10.0. The van der Waals surface area contributed by atoms with Crippen LogP contribution in [0.15, 0.2) is 97.2 Å². The number of esters is 3. The van der Waals surface area contributed by atoms with Gasteiger partial charge < -0.3 is 14.2 Å². The summed E-state index contributed by atoms with van der Waals surface area (Å²) < 4.78 is 16.8. The predicted molar refractivity (Wildman–Crippen MR) is 284 cm³/mol. The van der Waals surface area contributed by atoms with Gasteiger partial charge in [0.1, 0.15) is 13.2 Å². The zero-order chi connectivity index (χ0) is 47.9. The molecule has 0 spiro atoms. The third-order valence-electron chi connectivity index (χ3n) is 11.5. The maximum atomic E-state index is 12.8. The molecule has 0 saturated heterocycles. The van der Waals surface area contributed by atoms with Crippen molar-refractivity contribution in [3.05, 3.63) is 97.2 Å². The van der Waals surface area contributed by atoms with Gasteiger partial charge in [-0.05, 0) is 64.2 Å². The van der Waals surface area contributed by atoms with Crippen molar-refractivity contribution in [1.82, 2.24) is 0 Å². The molecule has 1 unspecified atom stereocenters. The lowest BCUT2D eigenvalue weighted by molar-refractivity contribution is -0.167. The normalized spacial score (nSPS) is 12.8. The first kappa shape index (κ1) is 62.3. The van der Waals surface area contributed by atoms with Crippen LogP contribution in [0.3, 0.4) is 0 Å².